The van der Waals surface area contributed by atoms with Gasteiger partial charge in [-0.2, -0.15) is 0 Å². The summed E-state index contributed by atoms with van der Waals surface area (Å²) in [7, 11) is 0. The molecule has 1 heterocycles. The summed E-state index contributed by atoms with van der Waals surface area (Å²) in [6.07, 6.45) is 0. The first-order valence-corrected chi connectivity index (χ1v) is 8.30. The fraction of sp³-hybridized carbons (Fsp3) is 0.312. The van der Waals surface area contributed by atoms with Gasteiger partial charge in [0, 0.05) is 16.4 Å². The molecule has 0 fully saturated rings. The van der Waals surface area contributed by atoms with Crippen LogP contribution in [0.15, 0.2) is 35.5 Å². The molecule has 1 aromatic carbocycles. The van der Waals surface area contributed by atoms with Gasteiger partial charge in [-0.3, -0.25) is 4.79 Å². The summed E-state index contributed by atoms with van der Waals surface area (Å²) in [6, 6.07) is 9.30. The fourth-order valence-electron chi connectivity index (χ4n) is 2.03. The molecular weight excluding hydrogens is 318 g/mol. The number of amides is 1. The van der Waals surface area contributed by atoms with Gasteiger partial charge in [0.2, 0.25) is 5.91 Å². The molecule has 0 saturated heterocycles. The van der Waals surface area contributed by atoms with Crippen molar-refractivity contribution in [3.63, 3.8) is 0 Å². The molecule has 2 aromatic rings. The van der Waals surface area contributed by atoms with Gasteiger partial charge in [-0.1, -0.05) is 35.5 Å². The number of aryl methyl sites for hydroxylation is 2. The normalized spacial score (nSPS) is 12.0. The molecule has 2 rings (SSSR count). The summed E-state index contributed by atoms with van der Waals surface area (Å²) < 4.78 is 0. The lowest BCUT2D eigenvalue weighted by molar-refractivity contribution is -0.119. The molecule has 1 amide bonds. The summed E-state index contributed by atoms with van der Waals surface area (Å²) in [5.41, 5.74) is 2.79. The molecule has 1 atom stereocenters. The lowest BCUT2D eigenvalue weighted by atomic mass is 10.1. The van der Waals surface area contributed by atoms with Crippen LogP contribution >= 0.6 is 23.4 Å². The highest BCUT2D eigenvalue weighted by Gasteiger charge is 2.11. The van der Waals surface area contributed by atoms with Crippen molar-refractivity contribution < 1.29 is 4.79 Å². The van der Waals surface area contributed by atoms with Crippen LogP contribution in [0.1, 0.15) is 29.9 Å². The molecule has 0 aliphatic carbocycles. The van der Waals surface area contributed by atoms with E-state index < -0.39 is 0 Å². The predicted octanol–water partition coefficient (Wildman–Crippen LogP) is 3.72. The smallest absolute Gasteiger partial charge is 0.230 e. The summed E-state index contributed by atoms with van der Waals surface area (Å²) in [5.74, 6) is 0.230. The van der Waals surface area contributed by atoms with Crippen molar-refractivity contribution in [3.05, 3.63) is 52.3 Å². The SMILES string of the molecule is Cc1cc(C)nc(SCC(=O)NC(C)c2cccc(Cl)c2)n1. The van der Waals surface area contributed by atoms with Crippen LogP contribution < -0.4 is 5.32 Å². The number of hydrogen-bond donors (Lipinski definition) is 1. The van der Waals surface area contributed by atoms with E-state index in [4.69, 9.17) is 11.6 Å². The van der Waals surface area contributed by atoms with Crippen LogP contribution in [0.4, 0.5) is 0 Å². The van der Waals surface area contributed by atoms with Crippen LogP contribution in [-0.2, 0) is 4.79 Å². The Balaban J connectivity index is 1.90. The lowest BCUT2D eigenvalue weighted by Gasteiger charge is -2.14. The predicted molar refractivity (Wildman–Crippen MR) is 90.2 cm³/mol. The second-order valence-electron chi connectivity index (χ2n) is 5.07. The number of carbonyl (C=O) groups is 1. The van der Waals surface area contributed by atoms with Crippen molar-refractivity contribution in [1.82, 2.24) is 15.3 Å². The molecule has 116 valence electrons. The number of nitrogens with one attached hydrogen (secondary N) is 1. The number of benzene rings is 1. The summed E-state index contributed by atoms with van der Waals surface area (Å²) >= 11 is 7.30. The van der Waals surface area contributed by atoms with Gasteiger partial charge in [0.05, 0.1) is 11.8 Å². The molecule has 0 aliphatic rings. The van der Waals surface area contributed by atoms with Crippen molar-refractivity contribution in [2.75, 3.05) is 5.75 Å². The first-order chi connectivity index (χ1) is 10.4. The second-order valence-corrected chi connectivity index (χ2v) is 6.45. The Hall–Kier alpha value is -1.59. The van der Waals surface area contributed by atoms with E-state index in [2.05, 4.69) is 15.3 Å². The van der Waals surface area contributed by atoms with Gasteiger partial charge in [0.25, 0.3) is 0 Å². The molecular formula is C16H18ClN3OS. The van der Waals surface area contributed by atoms with Gasteiger partial charge in [-0.05, 0) is 44.5 Å². The third kappa shape index (κ3) is 5.00. The quantitative estimate of drug-likeness (QED) is 0.668. The molecule has 0 saturated carbocycles. The maximum atomic E-state index is 12.0. The van der Waals surface area contributed by atoms with E-state index >= 15 is 0 Å². The van der Waals surface area contributed by atoms with Gasteiger partial charge < -0.3 is 5.32 Å². The van der Waals surface area contributed by atoms with E-state index in [1.165, 1.54) is 11.8 Å². The highest BCUT2D eigenvalue weighted by atomic mass is 35.5. The van der Waals surface area contributed by atoms with Crippen LogP contribution in [0.2, 0.25) is 5.02 Å². The largest absolute Gasteiger partial charge is 0.349 e. The van der Waals surface area contributed by atoms with Gasteiger partial charge in [0.1, 0.15) is 0 Å². The van der Waals surface area contributed by atoms with Crippen LogP contribution in [0.5, 0.6) is 0 Å². The Kier molecular flexibility index (Phi) is 5.80. The Morgan fingerprint density at radius 2 is 1.95 bits per heavy atom. The lowest BCUT2D eigenvalue weighted by Crippen LogP contribution is -2.28. The molecule has 22 heavy (non-hydrogen) atoms. The molecule has 0 aliphatic heterocycles. The highest BCUT2D eigenvalue weighted by molar-refractivity contribution is 7.99. The maximum absolute atomic E-state index is 12.0. The standard InChI is InChI=1S/C16H18ClN3OS/c1-10-7-11(2)19-16(18-10)22-9-15(21)20-12(3)13-5-4-6-14(17)8-13/h4-8,12H,9H2,1-3H3,(H,20,21). The average Bonchev–Trinajstić information content (AvgIpc) is 2.44. The van der Waals surface area contributed by atoms with E-state index in [0.29, 0.717) is 10.2 Å². The average molecular weight is 336 g/mol. The van der Waals surface area contributed by atoms with Gasteiger partial charge in [-0.15, -0.1) is 0 Å². The highest BCUT2D eigenvalue weighted by Crippen LogP contribution is 2.18. The van der Waals surface area contributed by atoms with Crippen molar-refractivity contribution in [2.45, 2.75) is 32.0 Å². The topological polar surface area (TPSA) is 54.9 Å². The third-order valence-corrected chi connectivity index (χ3v) is 4.10. The molecule has 6 heteroatoms. The van der Waals surface area contributed by atoms with E-state index in [9.17, 15) is 4.79 Å². The maximum Gasteiger partial charge on any atom is 0.230 e. The number of carbonyl (C=O) groups excluding carboxylic acids is 1. The van der Waals surface area contributed by atoms with Crippen LogP contribution in [0, 0.1) is 13.8 Å². The van der Waals surface area contributed by atoms with E-state index in [0.717, 1.165) is 17.0 Å². The molecule has 0 spiro atoms. The zero-order valence-corrected chi connectivity index (χ0v) is 14.3. The number of hydrogen-bond acceptors (Lipinski definition) is 4. The van der Waals surface area contributed by atoms with Crippen molar-refractivity contribution >= 4 is 29.3 Å². The molecule has 4 nitrogen and oxygen atoms in total. The minimum absolute atomic E-state index is 0.0553. The number of halogens is 1. The van der Waals surface area contributed by atoms with E-state index in [1.54, 1.807) is 0 Å². The van der Waals surface area contributed by atoms with Crippen LogP contribution in [0.25, 0.3) is 0 Å². The summed E-state index contributed by atoms with van der Waals surface area (Å²) in [6.45, 7) is 5.77. The van der Waals surface area contributed by atoms with E-state index in [-0.39, 0.29) is 17.7 Å². The number of rotatable bonds is 5. The number of aromatic nitrogens is 2. The zero-order valence-electron chi connectivity index (χ0n) is 12.8. The number of thioether (sulfide) groups is 1. The Labute approximate surface area is 139 Å². The molecule has 1 N–H and O–H groups in total. The minimum atomic E-state index is -0.0908. The first-order valence-electron chi connectivity index (χ1n) is 6.94. The molecule has 0 bridgehead atoms. The molecule has 1 unspecified atom stereocenters. The van der Waals surface area contributed by atoms with Crippen LogP contribution in [-0.4, -0.2) is 21.6 Å². The van der Waals surface area contributed by atoms with Crippen molar-refractivity contribution in [1.29, 1.82) is 0 Å². The summed E-state index contributed by atoms with van der Waals surface area (Å²) in [4.78, 5) is 20.7. The summed E-state index contributed by atoms with van der Waals surface area (Å²) in [5, 5.41) is 4.24. The second kappa shape index (κ2) is 7.61. The monoisotopic (exact) mass is 335 g/mol. The van der Waals surface area contributed by atoms with Gasteiger partial charge in [-0.25, -0.2) is 9.97 Å². The third-order valence-electron chi connectivity index (χ3n) is 3.02. The van der Waals surface area contributed by atoms with E-state index in [1.807, 2.05) is 51.1 Å². The van der Waals surface area contributed by atoms with Gasteiger partial charge >= 0.3 is 0 Å². The number of nitrogens with zero attached hydrogens (tertiary/aromatic N) is 2. The minimum Gasteiger partial charge on any atom is -0.349 e. The van der Waals surface area contributed by atoms with Crippen LogP contribution in [0.3, 0.4) is 0 Å². The fourth-order valence-corrected chi connectivity index (χ4v) is 2.99. The van der Waals surface area contributed by atoms with Gasteiger partial charge in [0.15, 0.2) is 5.16 Å². The Morgan fingerprint density at radius 3 is 2.59 bits per heavy atom. The van der Waals surface area contributed by atoms with Crippen molar-refractivity contribution in [2.24, 2.45) is 0 Å². The Bertz CT molecular complexity index is 658. The molecule has 0 radical (unpaired) electrons. The molecule has 1 aromatic heterocycles. The first kappa shape index (κ1) is 16.8. The zero-order chi connectivity index (χ0) is 16.1. The van der Waals surface area contributed by atoms with Crippen molar-refractivity contribution in [3.8, 4) is 0 Å². The Morgan fingerprint density at radius 1 is 1.27 bits per heavy atom.